The van der Waals surface area contributed by atoms with Crippen LogP contribution in [0.5, 0.6) is 11.5 Å². The van der Waals surface area contributed by atoms with Gasteiger partial charge in [0.25, 0.3) is 11.8 Å². The van der Waals surface area contributed by atoms with Gasteiger partial charge >= 0.3 is 12.4 Å². The van der Waals surface area contributed by atoms with Crippen LogP contribution in [0.4, 0.5) is 26.3 Å². The molecular weight excluding hydrogens is 558 g/mol. The van der Waals surface area contributed by atoms with Crippen LogP contribution >= 0.6 is 0 Å². The molecule has 2 aromatic rings. The number of Topliss-reactive ketones (excluding diaryl/α,β-unsaturated/α-hetero) is 1. The zero-order valence-corrected chi connectivity index (χ0v) is 22.4. The van der Waals surface area contributed by atoms with Crippen LogP contribution in [0.15, 0.2) is 53.7 Å². The molecule has 7 nitrogen and oxygen atoms in total. The molecule has 0 saturated carbocycles. The first-order valence-corrected chi connectivity index (χ1v) is 12.3. The lowest BCUT2D eigenvalue weighted by atomic mass is 9.72. The second-order valence-electron chi connectivity index (χ2n) is 10.7. The molecule has 0 spiro atoms. The Labute approximate surface area is 231 Å². The van der Waals surface area contributed by atoms with Gasteiger partial charge in [-0.05, 0) is 47.7 Å². The molecule has 1 aliphatic heterocycles. The number of carbonyl (C=O) groups is 3. The van der Waals surface area contributed by atoms with Gasteiger partial charge in [0.05, 0.1) is 31.9 Å². The number of amides is 2. The number of methoxy groups -OCH3 is 2. The molecule has 2 aromatic carbocycles. The predicted molar refractivity (Wildman–Crippen MR) is 133 cm³/mol. The van der Waals surface area contributed by atoms with E-state index in [-0.39, 0.29) is 18.5 Å². The van der Waals surface area contributed by atoms with Crippen LogP contribution in [-0.4, -0.2) is 48.4 Å². The second-order valence-corrected chi connectivity index (χ2v) is 10.7. The molecule has 1 atom stereocenters. The number of halogens is 6. The van der Waals surface area contributed by atoms with Crippen LogP contribution < -0.4 is 14.8 Å². The molecule has 1 N–H and O–H groups in total. The van der Waals surface area contributed by atoms with E-state index in [0.29, 0.717) is 29.2 Å². The van der Waals surface area contributed by atoms with E-state index in [9.17, 15) is 27.6 Å². The number of rotatable bonds is 6. The Bertz CT molecular complexity index is 1420. The van der Waals surface area contributed by atoms with Gasteiger partial charge in [0.1, 0.15) is 11.5 Å². The smallest absolute Gasteiger partial charge is 0.425 e. The SMILES string of the molecule is COc1cc(CN2C(=O)[C@@](NC(=O)c3cccc(C(F)(F)F)c3)(C(F)(F)F)C3=C2CC(C)(C)CC3=O)cc(OC)c1. The van der Waals surface area contributed by atoms with Crippen LogP contribution in [0.1, 0.15) is 48.2 Å². The Morgan fingerprint density at radius 2 is 1.56 bits per heavy atom. The fourth-order valence-electron chi connectivity index (χ4n) is 5.21. The Morgan fingerprint density at radius 1 is 0.951 bits per heavy atom. The first-order chi connectivity index (χ1) is 18.9. The van der Waals surface area contributed by atoms with Crippen molar-refractivity contribution in [1.29, 1.82) is 0 Å². The van der Waals surface area contributed by atoms with Gasteiger partial charge in [-0.2, -0.15) is 26.3 Å². The van der Waals surface area contributed by atoms with E-state index >= 15 is 13.2 Å². The standard InChI is InChI=1S/C28H26F6N2O5/c1-25(2)12-20-22(21(37)13-25)26(28(32,33)34,35-23(38)16-6-5-7-17(10-16)27(29,30)31)24(39)36(20)14-15-8-18(40-3)11-19(9-15)41-4/h5-11H,12-14H2,1-4H3,(H,35,38)/t26-/m1/s1. The Kier molecular flexibility index (Phi) is 7.38. The van der Waals surface area contributed by atoms with E-state index in [1.54, 1.807) is 19.2 Å². The Morgan fingerprint density at radius 3 is 2.10 bits per heavy atom. The molecule has 1 heterocycles. The molecule has 0 unspecified atom stereocenters. The van der Waals surface area contributed by atoms with Crippen molar-refractivity contribution in [3.63, 3.8) is 0 Å². The Balaban J connectivity index is 1.87. The minimum absolute atomic E-state index is 0.113. The van der Waals surface area contributed by atoms with Crippen molar-refractivity contribution in [2.75, 3.05) is 14.2 Å². The number of benzene rings is 2. The molecule has 0 fully saturated rings. The molecule has 1 aliphatic carbocycles. The lowest BCUT2D eigenvalue weighted by Crippen LogP contribution is -2.66. The molecule has 0 bridgehead atoms. The van der Waals surface area contributed by atoms with Gasteiger partial charge in [0, 0.05) is 23.7 Å². The second kappa shape index (κ2) is 10.1. The third-order valence-corrected chi connectivity index (χ3v) is 7.05. The maximum atomic E-state index is 15.0. The van der Waals surface area contributed by atoms with E-state index in [2.05, 4.69) is 0 Å². The van der Waals surface area contributed by atoms with Crippen molar-refractivity contribution < 1.29 is 50.2 Å². The molecule has 0 saturated heterocycles. The summed E-state index contributed by atoms with van der Waals surface area (Å²) >= 11 is 0. The highest BCUT2D eigenvalue weighted by Gasteiger charge is 2.71. The molecule has 4 rings (SSSR count). The van der Waals surface area contributed by atoms with Crippen LogP contribution in [0.25, 0.3) is 0 Å². The van der Waals surface area contributed by atoms with Gasteiger partial charge in [0.2, 0.25) is 5.54 Å². The van der Waals surface area contributed by atoms with Crippen molar-refractivity contribution in [2.45, 2.75) is 51.1 Å². The molecule has 41 heavy (non-hydrogen) atoms. The van der Waals surface area contributed by atoms with Crippen molar-refractivity contribution in [3.8, 4) is 11.5 Å². The van der Waals surface area contributed by atoms with Crippen molar-refractivity contribution in [2.24, 2.45) is 5.41 Å². The maximum Gasteiger partial charge on any atom is 0.425 e. The summed E-state index contributed by atoms with van der Waals surface area (Å²) in [6.45, 7) is 2.87. The predicted octanol–water partition coefficient (Wildman–Crippen LogP) is 5.44. The highest BCUT2D eigenvalue weighted by molar-refractivity contribution is 6.14. The first kappa shape index (κ1) is 29.9. The zero-order chi connectivity index (χ0) is 30.5. The minimum Gasteiger partial charge on any atom is -0.497 e. The number of ether oxygens (including phenoxy) is 2. The summed E-state index contributed by atoms with van der Waals surface area (Å²) in [7, 11) is 2.72. The molecule has 13 heteroatoms. The number of nitrogens with zero attached hydrogens (tertiary/aromatic N) is 1. The summed E-state index contributed by atoms with van der Waals surface area (Å²) in [5, 5.41) is 1.64. The van der Waals surface area contributed by atoms with Gasteiger partial charge in [-0.15, -0.1) is 0 Å². The van der Waals surface area contributed by atoms with Gasteiger partial charge < -0.3 is 19.7 Å². The number of carbonyl (C=O) groups excluding carboxylic acids is 3. The first-order valence-electron chi connectivity index (χ1n) is 12.3. The van der Waals surface area contributed by atoms with Gasteiger partial charge in [-0.1, -0.05) is 19.9 Å². The average molecular weight is 585 g/mol. The van der Waals surface area contributed by atoms with Gasteiger partial charge in [-0.25, -0.2) is 0 Å². The minimum atomic E-state index is -5.53. The highest BCUT2D eigenvalue weighted by Crippen LogP contribution is 2.52. The third kappa shape index (κ3) is 5.36. The monoisotopic (exact) mass is 584 g/mol. The van der Waals surface area contributed by atoms with Crippen molar-refractivity contribution >= 4 is 17.6 Å². The molecule has 0 aromatic heterocycles. The Hall–Kier alpha value is -4.03. The molecular formula is C28H26F6N2O5. The zero-order valence-electron chi connectivity index (χ0n) is 22.4. The van der Waals surface area contributed by atoms with Crippen LogP contribution in [-0.2, 0) is 22.3 Å². The fourth-order valence-corrected chi connectivity index (χ4v) is 5.21. The van der Waals surface area contributed by atoms with Gasteiger partial charge in [0.15, 0.2) is 5.78 Å². The molecule has 0 radical (unpaired) electrons. The number of nitrogens with one attached hydrogen (secondary N) is 1. The maximum absolute atomic E-state index is 15.0. The third-order valence-electron chi connectivity index (χ3n) is 7.05. The summed E-state index contributed by atoms with van der Waals surface area (Å²) in [5.41, 5.74) is -7.54. The number of alkyl halides is 6. The van der Waals surface area contributed by atoms with Crippen LogP contribution in [0.2, 0.25) is 0 Å². The normalized spacial score (nSPS) is 20.7. The molecule has 220 valence electrons. The fraction of sp³-hybridized carbons (Fsp3) is 0.393. The van der Waals surface area contributed by atoms with E-state index in [0.717, 1.165) is 17.0 Å². The van der Waals surface area contributed by atoms with Gasteiger partial charge in [-0.3, -0.25) is 14.4 Å². The van der Waals surface area contributed by atoms with E-state index in [1.807, 2.05) is 0 Å². The average Bonchev–Trinajstić information content (AvgIpc) is 3.10. The van der Waals surface area contributed by atoms with E-state index in [1.165, 1.54) is 32.4 Å². The number of hydrogen-bond acceptors (Lipinski definition) is 5. The summed E-state index contributed by atoms with van der Waals surface area (Å²) in [5.74, 6) is -3.67. The lowest BCUT2D eigenvalue weighted by molar-refractivity contribution is -0.190. The molecule has 2 aliphatic rings. The van der Waals surface area contributed by atoms with E-state index < -0.39 is 64.1 Å². The summed E-state index contributed by atoms with van der Waals surface area (Å²) in [4.78, 5) is 41.1. The van der Waals surface area contributed by atoms with Crippen molar-refractivity contribution in [1.82, 2.24) is 10.2 Å². The summed E-state index contributed by atoms with van der Waals surface area (Å²) in [6, 6.07) is 7.23. The van der Waals surface area contributed by atoms with E-state index in [4.69, 9.17) is 9.47 Å². The van der Waals surface area contributed by atoms with Crippen molar-refractivity contribution in [3.05, 3.63) is 70.4 Å². The summed E-state index contributed by atoms with van der Waals surface area (Å²) in [6.07, 6.45) is -10.9. The van der Waals surface area contributed by atoms with Crippen LogP contribution in [0.3, 0.4) is 0 Å². The number of hydrogen-bond donors (Lipinski definition) is 1. The summed E-state index contributed by atoms with van der Waals surface area (Å²) < 4.78 is 95.2. The largest absolute Gasteiger partial charge is 0.497 e. The lowest BCUT2D eigenvalue weighted by Gasteiger charge is -2.35. The van der Waals surface area contributed by atoms with Crippen LogP contribution in [0, 0.1) is 5.41 Å². The quantitative estimate of drug-likeness (QED) is 0.458. The number of allylic oxidation sites excluding steroid dienone is 1. The topological polar surface area (TPSA) is 84.9 Å². The number of ketones is 1. The highest BCUT2D eigenvalue weighted by atomic mass is 19.4. The molecule has 2 amide bonds.